The second-order valence-electron chi connectivity index (χ2n) is 7.44. The van der Waals surface area contributed by atoms with Crippen molar-refractivity contribution in [2.24, 2.45) is 0 Å². The summed E-state index contributed by atoms with van der Waals surface area (Å²) in [4.78, 5) is 31.5. The summed E-state index contributed by atoms with van der Waals surface area (Å²) < 4.78 is 6.16. The molecule has 2 amide bonds. The number of nitrogens with zero attached hydrogens (tertiary/aromatic N) is 3. The van der Waals surface area contributed by atoms with Crippen molar-refractivity contribution in [2.75, 3.05) is 24.2 Å². The number of likely N-dealkylation sites (tertiary alicyclic amines) is 1. The summed E-state index contributed by atoms with van der Waals surface area (Å²) in [6.45, 7) is 5.02. The topological polar surface area (TPSA) is 88.3 Å². The Kier molecular flexibility index (Phi) is 6.38. The number of thioether (sulfide) groups is 1. The molecule has 0 radical (unpaired) electrons. The van der Waals surface area contributed by atoms with Gasteiger partial charge >= 0.3 is 0 Å². The number of carbonyl (C=O) groups is 2. The van der Waals surface area contributed by atoms with Crippen LogP contribution in [-0.4, -0.2) is 50.9 Å². The molecule has 30 heavy (non-hydrogen) atoms. The second kappa shape index (κ2) is 9.18. The van der Waals surface area contributed by atoms with E-state index < -0.39 is 0 Å². The average Bonchev–Trinajstić information content (AvgIpc) is 3.37. The van der Waals surface area contributed by atoms with Crippen LogP contribution in [0.25, 0.3) is 10.2 Å². The zero-order chi connectivity index (χ0) is 21.1. The minimum Gasteiger partial charge on any atom is -0.360 e. The molecule has 2 aromatic heterocycles. The Bertz CT molecular complexity index is 1010. The Morgan fingerprint density at radius 2 is 2.10 bits per heavy atom. The number of aryl methyl sites for hydroxylation is 1. The van der Waals surface area contributed by atoms with E-state index in [-0.39, 0.29) is 22.8 Å². The Morgan fingerprint density at radius 3 is 2.80 bits per heavy atom. The van der Waals surface area contributed by atoms with Gasteiger partial charge in [-0.3, -0.25) is 9.59 Å². The van der Waals surface area contributed by atoms with E-state index in [0.717, 1.165) is 31.4 Å². The lowest BCUT2D eigenvalue weighted by Gasteiger charge is -2.31. The number of hydrogen-bond donors (Lipinski definition) is 1. The molecule has 158 valence electrons. The molecular weight excluding hydrogens is 420 g/mol. The monoisotopic (exact) mass is 444 g/mol. The molecule has 1 aromatic carbocycles. The van der Waals surface area contributed by atoms with Gasteiger partial charge in [0, 0.05) is 25.1 Å². The Hall–Kier alpha value is -2.39. The number of amides is 2. The molecule has 0 bridgehead atoms. The molecule has 1 saturated heterocycles. The van der Waals surface area contributed by atoms with Gasteiger partial charge < -0.3 is 14.7 Å². The SMILES string of the molecule is Cc1cc(NC(=O)C(C)SCC(=O)N2CCC(c3nc4ccccc4s3)CC2)no1. The number of anilines is 1. The molecule has 1 unspecified atom stereocenters. The van der Waals surface area contributed by atoms with Crippen LogP contribution in [0.15, 0.2) is 34.9 Å². The highest BCUT2D eigenvalue weighted by Gasteiger charge is 2.26. The van der Waals surface area contributed by atoms with Crippen LogP contribution in [0.3, 0.4) is 0 Å². The van der Waals surface area contributed by atoms with Gasteiger partial charge in [0.2, 0.25) is 11.8 Å². The van der Waals surface area contributed by atoms with Crippen molar-refractivity contribution < 1.29 is 14.1 Å². The number of aromatic nitrogens is 2. The summed E-state index contributed by atoms with van der Waals surface area (Å²) in [5.41, 5.74) is 1.06. The molecule has 1 aliphatic heterocycles. The minimum absolute atomic E-state index is 0.0830. The third-order valence-corrected chi connectivity index (χ3v) is 7.54. The molecule has 3 aromatic rings. The van der Waals surface area contributed by atoms with E-state index in [0.29, 0.717) is 17.5 Å². The van der Waals surface area contributed by atoms with Gasteiger partial charge in [0.05, 0.1) is 26.2 Å². The first-order valence-electron chi connectivity index (χ1n) is 9.98. The lowest BCUT2D eigenvalue weighted by molar-refractivity contribution is -0.129. The molecule has 4 rings (SSSR count). The Labute approximate surface area is 183 Å². The van der Waals surface area contributed by atoms with Crippen LogP contribution in [0.1, 0.15) is 36.5 Å². The number of fused-ring (bicyclic) bond motifs is 1. The fraction of sp³-hybridized carbons (Fsp3) is 0.429. The lowest BCUT2D eigenvalue weighted by atomic mass is 9.97. The van der Waals surface area contributed by atoms with E-state index in [4.69, 9.17) is 9.51 Å². The molecule has 0 saturated carbocycles. The van der Waals surface area contributed by atoms with Gasteiger partial charge in [-0.15, -0.1) is 23.1 Å². The van der Waals surface area contributed by atoms with Crippen LogP contribution in [0, 0.1) is 6.92 Å². The number of benzene rings is 1. The van der Waals surface area contributed by atoms with Gasteiger partial charge in [-0.2, -0.15) is 0 Å². The maximum atomic E-state index is 12.6. The summed E-state index contributed by atoms with van der Waals surface area (Å²) in [6.07, 6.45) is 1.86. The van der Waals surface area contributed by atoms with Crippen LogP contribution in [0.5, 0.6) is 0 Å². The number of carbonyl (C=O) groups excluding carboxylic acids is 2. The smallest absolute Gasteiger partial charge is 0.238 e. The minimum atomic E-state index is -0.355. The first kappa shape index (κ1) is 20.9. The van der Waals surface area contributed by atoms with Crippen LogP contribution in [0.2, 0.25) is 0 Å². The predicted octanol–water partition coefficient (Wildman–Crippen LogP) is 4.06. The number of hydrogen-bond acceptors (Lipinski definition) is 7. The summed E-state index contributed by atoms with van der Waals surface area (Å²) in [6, 6.07) is 9.87. The van der Waals surface area contributed by atoms with E-state index in [2.05, 4.69) is 16.5 Å². The zero-order valence-corrected chi connectivity index (χ0v) is 18.6. The fourth-order valence-electron chi connectivity index (χ4n) is 3.46. The Morgan fingerprint density at radius 1 is 1.33 bits per heavy atom. The number of nitrogens with one attached hydrogen (secondary N) is 1. The van der Waals surface area contributed by atoms with Gasteiger partial charge in [-0.1, -0.05) is 17.3 Å². The van der Waals surface area contributed by atoms with E-state index in [9.17, 15) is 9.59 Å². The second-order valence-corrected chi connectivity index (χ2v) is 9.83. The van der Waals surface area contributed by atoms with Crippen LogP contribution in [-0.2, 0) is 9.59 Å². The summed E-state index contributed by atoms with van der Waals surface area (Å²) in [7, 11) is 0. The molecule has 1 aliphatic rings. The van der Waals surface area contributed by atoms with Crippen LogP contribution >= 0.6 is 23.1 Å². The molecule has 9 heteroatoms. The highest BCUT2D eigenvalue weighted by atomic mass is 32.2. The number of thiazole rings is 1. The highest BCUT2D eigenvalue weighted by Crippen LogP contribution is 2.34. The Balaban J connectivity index is 1.23. The highest BCUT2D eigenvalue weighted by molar-refractivity contribution is 8.01. The van der Waals surface area contributed by atoms with Crippen molar-refractivity contribution in [2.45, 2.75) is 37.9 Å². The maximum absolute atomic E-state index is 12.6. The van der Waals surface area contributed by atoms with E-state index in [1.807, 2.05) is 23.1 Å². The maximum Gasteiger partial charge on any atom is 0.238 e. The van der Waals surface area contributed by atoms with Gasteiger partial charge in [-0.25, -0.2) is 4.98 Å². The van der Waals surface area contributed by atoms with Gasteiger partial charge in [0.25, 0.3) is 0 Å². The van der Waals surface area contributed by atoms with E-state index in [1.54, 1.807) is 31.3 Å². The molecule has 0 aliphatic carbocycles. The molecule has 1 atom stereocenters. The number of piperidine rings is 1. The van der Waals surface area contributed by atoms with Gasteiger partial charge in [-0.05, 0) is 38.8 Å². The summed E-state index contributed by atoms with van der Waals surface area (Å²) >= 11 is 3.10. The van der Waals surface area contributed by atoms with E-state index in [1.165, 1.54) is 21.5 Å². The van der Waals surface area contributed by atoms with E-state index >= 15 is 0 Å². The number of para-hydroxylation sites is 1. The molecular formula is C21H24N4O3S2. The standard InChI is InChI=1S/C21H24N4O3S2/c1-13-11-18(24-28-13)23-20(27)14(2)29-12-19(26)25-9-7-15(8-10-25)21-22-16-5-3-4-6-17(16)30-21/h3-6,11,14-15H,7-10,12H2,1-2H3,(H,23,24,27). The van der Waals surface area contributed by atoms with Crippen molar-refractivity contribution in [3.8, 4) is 0 Å². The lowest BCUT2D eigenvalue weighted by Crippen LogP contribution is -2.39. The largest absolute Gasteiger partial charge is 0.360 e. The van der Waals surface area contributed by atoms with Crippen molar-refractivity contribution >= 4 is 50.9 Å². The molecule has 0 spiro atoms. The van der Waals surface area contributed by atoms with Gasteiger partial charge in [0.1, 0.15) is 5.76 Å². The van der Waals surface area contributed by atoms with Crippen LogP contribution in [0.4, 0.5) is 5.82 Å². The van der Waals surface area contributed by atoms with Crippen molar-refractivity contribution in [1.29, 1.82) is 0 Å². The normalized spacial score (nSPS) is 16.0. The summed E-state index contributed by atoms with van der Waals surface area (Å²) in [5.74, 6) is 1.63. The molecule has 1 N–H and O–H groups in total. The molecule has 3 heterocycles. The quantitative estimate of drug-likeness (QED) is 0.617. The van der Waals surface area contributed by atoms with Gasteiger partial charge in [0.15, 0.2) is 5.82 Å². The van der Waals surface area contributed by atoms with Crippen LogP contribution < -0.4 is 5.32 Å². The molecule has 1 fully saturated rings. The average molecular weight is 445 g/mol. The van der Waals surface area contributed by atoms with Crippen molar-refractivity contribution in [1.82, 2.24) is 15.0 Å². The first-order valence-corrected chi connectivity index (χ1v) is 11.8. The first-order chi connectivity index (χ1) is 14.5. The number of rotatable bonds is 6. The third kappa shape index (κ3) is 4.84. The third-order valence-electron chi connectivity index (χ3n) is 5.21. The predicted molar refractivity (Wildman–Crippen MR) is 120 cm³/mol. The fourth-order valence-corrected chi connectivity index (χ4v) is 5.38. The van der Waals surface area contributed by atoms with Crippen molar-refractivity contribution in [3.63, 3.8) is 0 Å². The zero-order valence-electron chi connectivity index (χ0n) is 17.0. The van der Waals surface area contributed by atoms with Crippen molar-refractivity contribution in [3.05, 3.63) is 41.1 Å². The molecule has 7 nitrogen and oxygen atoms in total. The summed E-state index contributed by atoms with van der Waals surface area (Å²) in [5, 5.41) is 7.28.